The molecule has 2 aliphatic rings. The monoisotopic (exact) mass is 450 g/mol. The quantitative estimate of drug-likeness (QED) is 0.507. The Hall–Kier alpha value is -1.71. The predicted molar refractivity (Wildman–Crippen MR) is 113 cm³/mol. The van der Waals surface area contributed by atoms with Crippen LogP contribution in [-0.2, 0) is 15.9 Å². The van der Waals surface area contributed by atoms with E-state index in [1.807, 2.05) is 30.3 Å². The lowest BCUT2D eigenvalue weighted by Crippen LogP contribution is -2.40. The molecule has 0 spiro atoms. The zero-order valence-electron chi connectivity index (χ0n) is 16.9. The summed E-state index contributed by atoms with van der Waals surface area (Å²) < 4.78 is 16.9. The smallest absolute Gasteiger partial charge is 0.124 e. The van der Waals surface area contributed by atoms with Crippen molar-refractivity contribution >= 4 is 11.6 Å². The van der Waals surface area contributed by atoms with Crippen LogP contribution in [0.5, 0.6) is 5.75 Å². The molecule has 2 aromatic rings. The summed E-state index contributed by atoms with van der Waals surface area (Å²) >= 11 is 6.40. The maximum Gasteiger partial charge on any atom is 0.124 e. The van der Waals surface area contributed by atoms with E-state index in [0.29, 0.717) is 23.6 Å². The summed E-state index contributed by atoms with van der Waals surface area (Å²) in [4.78, 5) is 0. The number of hydrogen-bond acceptors (Lipinski definition) is 7. The highest BCUT2D eigenvalue weighted by Gasteiger charge is 2.46. The number of hydrogen-bond donors (Lipinski definition) is 4. The van der Waals surface area contributed by atoms with Gasteiger partial charge in [-0.2, -0.15) is 0 Å². The lowest BCUT2D eigenvalue weighted by molar-refractivity contribution is -0.0820. The molecular weight excluding hydrogens is 424 g/mol. The van der Waals surface area contributed by atoms with Crippen LogP contribution in [0.15, 0.2) is 42.5 Å². The Balaban J connectivity index is 1.47. The minimum absolute atomic E-state index is 0.0957. The standard InChI is InChI=1S/C23H27ClO7/c24-18-6-3-14(22-20(27)21(28)23(31-22)19(26)11-25)10-15(18)9-13-1-4-16(5-2-13)30-17-7-8-29-12-17/h1-6,10,17,19-23,25-28H,7-9,11-12H2/t17?,19-,20-,21-,22+,23-/m1/s1. The van der Waals surface area contributed by atoms with Crippen molar-refractivity contribution < 1.29 is 34.6 Å². The zero-order chi connectivity index (χ0) is 22.0. The summed E-state index contributed by atoms with van der Waals surface area (Å²) in [5.41, 5.74) is 2.52. The van der Waals surface area contributed by atoms with Crippen molar-refractivity contribution in [3.8, 4) is 5.75 Å². The first-order chi connectivity index (χ1) is 15.0. The molecule has 0 radical (unpaired) electrons. The van der Waals surface area contributed by atoms with Crippen molar-refractivity contribution in [2.45, 2.75) is 49.5 Å². The fourth-order valence-corrected chi connectivity index (χ4v) is 4.20. The van der Waals surface area contributed by atoms with Gasteiger partial charge in [0.25, 0.3) is 0 Å². The van der Waals surface area contributed by atoms with Crippen LogP contribution in [0.25, 0.3) is 0 Å². The molecule has 2 fully saturated rings. The van der Waals surface area contributed by atoms with Gasteiger partial charge in [-0.1, -0.05) is 35.9 Å². The highest BCUT2D eigenvalue weighted by Crippen LogP contribution is 2.36. The summed E-state index contributed by atoms with van der Waals surface area (Å²) in [6, 6.07) is 13.1. The van der Waals surface area contributed by atoms with E-state index in [1.54, 1.807) is 12.1 Å². The summed E-state index contributed by atoms with van der Waals surface area (Å²) in [6.45, 7) is 0.776. The average molecular weight is 451 g/mol. The molecule has 0 saturated carbocycles. The number of rotatable bonds is 7. The molecule has 31 heavy (non-hydrogen) atoms. The second-order valence-corrected chi connectivity index (χ2v) is 8.43. The van der Waals surface area contributed by atoms with Crippen LogP contribution < -0.4 is 4.74 Å². The lowest BCUT2D eigenvalue weighted by Gasteiger charge is -2.19. The van der Waals surface area contributed by atoms with E-state index >= 15 is 0 Å². The molecule has 2 aromatic carbocycles. The third-order valence-electron chi connectivity index (χ3n) is 5.77. The highest BCUT2D eigenvalue weighted by molar-refractivity contribution is 6.31. The normalized spacial score (nSPS) is 29.3. The Kier molecular flexibility index (Phi) is 7.13. The number of aliphatic hydroxyl groups excluding tert-OH is 4. The van der Waals surface area contributed by atoms with Gasteiger partial charge in [-0.05, 0) is 41.3 Å². The molecule has 4 rings (SSSR count). The van der Waals surface area contributed by atoms with Gasteiger partial charge in [0.05, 0.1) is 19.8 Å². The molecule has 1 unspecified atom stereocenters. The Morgan fingerprint density at radius 1 is 1.10 bits per heavy atom. The van der Waals surface area contributed by atoms with Gasteiger partial charge >= 0.3 is 0 Å². The van der Waals surface area contributed by atoms with Gasteiger partial charge < -0.3 is 34.6 Å². The van der Waals surface area contributed by atoms with Crippen LogP contribution in [0.3, 0.4) is 0 Å². The number of ether oxygens (including phenoxy) is 3. The van der Waals surface area contributed by atoms with E-state index in [9.17, 15) is 15.3 Å². The molecule has 0 amide bonds. The SMILES string of the molecule is OC[C@@H](O)[C@H]1O[C@@H](c2ccc(Cl)c(Cc3ccc(OC4CCOC4)cc3)c2)[C@H](O)[C@H]1O. The highest BCUT2D eigenvalue weighted by atomic mass is 35.5. The second kappa shape index (κ2) is 9.83. The molecule has 2 heterocycles. The molecule has 6 atom stereocenters. The Morgan fingerprint density at radius 3 is 2.55 bits per heavy atom. The van der Waals surface area contributed by atoms with Crippen LogP contribution >= 0.6 is 11.6 Å². The van der Waals surface area contributed by atoms with E-state index in [1.165, 1.54) is 0 Å². The van der Waals surface area contributed by atoms with Crippen molar-refractivity contribution in [3.05, 3.63) is 64.2 Å². The molecule has 4 N–H and O–H groups in total. The minimum atomic E-state index is -1.30. The number of halogens is 1. The molecule has 7 nitrogen and oxygen atoms in total. The summed E-state index contributed by atoms with van der Waals surface area (Å²) in [7, 11) is 0. The van der Waals surface area contributed by atoms with Crippen molar-refractivity contribution in [3.63, 3.8) is 0 Å². The van der Waals surface area contributed by atoms with Crippen LogP contribution in [-0.4, -0.2) is 70.8 Å². The lowest BCUT2D eigenvalue weighted by atomic mass is 9.96. The fraction of sp³-hybridized carbons (Fsp3) is 0.478. The van der Waals surface area contributed by atoms with E-state index in [4.69, 9.17) is 30.9 Å². The Morgan fingerprint density at radius 2 is 1.87 bits per heavy atom. The summed E-state index contributed by atoms with van der Waals surface area (Å²) in [5, 5.41) is 40.1. The molecule has 0 bridgehead atoms. The van der Waals surface area contributed by atoms with Gasteiger partial charge in [0.1, 0.15) is 42.4 Å². The van der Waals surface area contributed by atoms with E-state index < -0.39 is 37.1 Å². The first-order valence-electron chi connectivity index (χ1n) is 10.4. The van der Waals surface area contributed by atoms with Gasteiger partial charge in [0.2, 0.25) is 0 Å². The van der Waals surface area contributed by atoms with Gasteiger partial charge in [-0.3, -0.25) is 0 Å². The third kappa shape index (κ3) is 5.04. The molecule has 8 heteroatoms. The molecule has 0 aliphatic carbocycles. The largest absolute Gasteiger partial charge is 0.488 e. The van der Waals surface area contributed by atoms with Gasteiger partial charge in [0, 0.05) is 11.4 Å². The van der Waals surface area contributed by atoms with Gasteiger partial charge in [-0.15, -0.1) is 0 Å². The van der Waals surface area contributed by atoms with E-state index in [0.717, 1.165) is 29.9 Å². The predicted octanol–water partition coefficient (Wildman–Crippen LogP) is 1.61. The molecular formula is C23H27ClO7. The number of benzene rings is 2. The van der Waals surface area contributed by atoms with Crippen LogP contribution in [0.1, 0.15) is 29.2 Å². The first kappa shape index (κ1) is 22.5. The second-order valence-electron chi connectivity index (χ2n) is 8.03. The average Bonchev–Trinajstić information content (AvgIpc) is 3.39. The first-order valence-corrected chi connectivity index (χ1v) is 10.8. The topological polar surface area (TPSA) is 109 Å². The Labute approximate surface area is 185 Å². The van der Waals surface area contributed by atoms with Crippen molar-refractivity contribution in [2.24, 2.45) is 0 Å². The fourth-order valence-electron chi connectivity index (χ4n) is 4.01. The van der Waals surface area contributed by atoms with Crippen molar-refractivity contribution in [2.75, 3.05) is 19.8 Å². The van der Waals surface area contributed by atoms with Crippen LogP contribution in [0, 0.1) is 0 Å². The number of aliphatic hydroxyl groups is 4. The van der Waals surface area contributed by atoms with E-state index in [-0.39, 0.29) is 6.10 Å². The summed E-state index contributed by atoms with van der Waals surface area (Å²) in [6.07, 6.45) is -4.15. The molecule has 2 aliphatic heterocycles. The molecule has 0 aromatic heterocycles. The molecule has 168 valence electrons. The zero-order valence-corrected chi connectivity index (χ0v) is 17.7. The Bertz CT molecular complexity index is 869. The third-order valence-corrected chi connectivity index (χ3v) is 6.14. The van der Waals surface area contributed by atoms with Crippen LogP contribution in [0.4, 0.5) is 0 Å². The van der Waals surface area contributed by atoms with Gasteiger partial charge in [0.15, 0.2) is 0 Å². The van der Waals surface area contributed by atoms with Crippen molar-refractivity contribution in [1.82, 2.24) is 0 Å². The van der Waals surface area contributed by atoms with Crippen LogP contribution in [0.2, 0.25) is 5.02 Å². The minimum Gasteiger partial charge on any atom is -0.488 e. The van der Waals surface area contributed by atoms with Gasteiger partial charge in [-0.25, -0.2) is 0 Å². The van der Waals surface area contributed by atoms with E-state index in [2.05, 4.69) is 0 Å². The summed E-state index contributed by atoms with van der Waals surface area (Å²) in [5.74, 6) is 0.795. The maximum atomic E-state index is 10.4. The van der Waals surface area contributed by atoms with Crippen molar-refractivity contribution in [1.29, 1.82) is 0 Å². The molecule has 2 saturated heterocycles. The maximum absolute atomic E-state index is 10.4.